The lowest BCUT2D eigenvalue weighted by molar-refractivity contribution is -0.113. The van der Waals surface area contributed by atoms with Gasteiger partial charge in [0, 0.05) is 11.9 Å². The van der Waals surface area contributed by atoms with E-state index in [4.69, 9.17) is 11.6 Å². The third-order valence-electron chi connectivity index (χ3n) is 2.38. The van der Waals surface area contributed by atoms with Crippen LogP contribution in [0.15, 0.2) is 48.7 Å². The molecule has 3 nitrogen and oxygen atoms in total. The third kappa shape index (κ3) is 4.58. The molecule has 0 aliphatic rings. The van der Waals surface area contributed by atoms with E-state index in [9.17, 15) is 4.79 Å². The van der Waals surface area contributed by atoms with E-state index in [0.29, 0.717) is 16.6 Å². The van der Waals surface area contributed by atoms with Gasteiger partial charge in [0.25, 0.3) is 0 Å². The van der Waals surface area contributed by atoms with Crippen molar-refractivity contribution < 1.29 is 4.79 Å². The monoisotopic (exact) mass is 292 g/mol. The second kappa shape index (κ2) is 7.16. The van der Waals surface area contributed by atoms with Gasteiger partial charge in [-0.15, -0.1) is 11.8 Å². The molecule has 0 saturated heterocycles. The van der Waals surface area contributed by atoms with E-state index < -0.39 is 0 Å². The first-order valence-electron chi connectivity index (χ1n) is 5.78. The molecule has 0 aliphatic heterocycles. The highest BCUT2D eigenvalue weighted by molar-refractivity contribution is 7.99. The Morgan fingerprint density at radius 2 is 2.00 bits per heavy atom. The second-order valence-corrected chi connectivity index (χ2v) is 5.21. The Morgan fingerprint density at radius 3 is 2.74 bits per heavy atom. The number of anilines is 1. The Labute approximate surface area is 121 Å². The molecule has 0 atom stereocenters. The Kier molecular flexibility index (Phi) is 5.24. The second-order valence-electron chi connectivity index (χ2n) is 3.87. The number of nitrogens with zero attached hydrogens (tertiary/aromatic N) is 1. The Hall–Kier alpha value is -1.52. The summed E-state index contributed by atoms with van der Waals surface area (Å²) < 4.78 is 0. The van der Waals surface area contributed by atoms with Gasteiger partial charge in [-0.3, -0.25) is 4.79 Å². The van der Waals surface area contributed by atoms with Crippen molar-refractivity contribution in [2.24, 2.45) is 0 Å². The lowest BCUT2D eigenvalue weighted by Crippen LogP contribution is -2.14. The maximum absolute atomic E-state index is 11.7. The quantitative estimate of drug-likeness (QED) is 0.856. The van der Waals surface area contributed by atoms with E-state index in [-0.39, 0.29) is 5.91 Å². The first-order chi connectivity index (χ1) is 9.25. The molecule has 0 spiro atoms. The highest BCUT2D eigenvalue weighted by Crippen LogP contribution is 2.18. The molecule has 1 amide bonds. The number of halogens is 1. The molecule has 2 aromatic rings. The number of aromatic nitrogens is 1. The van der Waals surface area contributed by atoms with Crippen LogP contribution in [0.1, 0.15) is 5.56 Å². The minimum Gasteiger partial charge on any atom is -0.323 e. The summed E-state index contributed by atoms with van der Waals surface area (Å²) in [5.41, 5.74) is 1.76. The van der Waals surface area contributed by atoms with Gasteiger partial charge in [-0.05, 0) is 17.7 Å². The van der Waals surface area contributed by atoms with Gasteiger partial charge in [-0.1, -0.05) is 41.9 Å². The fourth-order valence-electron chi connectivity index (χ4n) is 1.50. The number of thioether (sulfide) groups is 1. The van der Waals surface area contributed by atoms with E-state index >= 15 is 0 Å². The third-order valence-corrected chi connectivity index (χ3v) is 3.68. The number of nitrogens with one attached hydrogen (secondary N) is 1. The zero-order valence-electron chi connectivity index (χ0n) is 10.2. The molecule has 0 aliphatic carbocycles. The van der Waals surface area contributed by atoms with Crippen molar-refractivity contribution in [2.45, 2.75) is 5.75 Å². The van der Waals surface area contributed by atoms with E-state index in [1.54, 1.807) is 30.1 Å². The van der Waals surface area contributed by atoms with Crippen LogP contribution >= 0.6 is 23.4 Å². The predicted octanol–water partition coefficient (Wildman–Crippen LogP) is 3.61. The summed E-state index contributed by atoms with van der Waals surface area (Å²) in [5, 5.41) is 3.05. The van der Waals surface area contributed by atoms with Gasteiger partial charge in [0.15, 0.2) is 5.15 Å². The van der Waals surface area contributed by atoms with Gasteiger partial charge in [-0.2, -0.15) is 0 Å². The molecule has 19 heavy (non-hydrogen) atoms. The maximum Gasteiger partial charge on any atom is 0.234 e. The fraction of sp³-hybridized carbons (Fsp3) is 0.143. The average molecular weight is 293 g/mol. The molecule has 1 heterocycles. The largest absolute Gasteiger partial charge is 0.323 e. The van der Waals surface area contributed by atoms with Gasteiger partial charge in [-0.25, -0.2) is 4.98 Å². The normalized spacial score (nSPS) is 10.2. The maximum atomic E-state index is 11.7. The zero-order chi connectivity index (χ0) is 13.5. The summed E-state index contributed by atoms with van der Waals surface area (Å²) in [6.07, 6.45) is 1.59. The molecule has 0 radical (unpaired) electrons. The van der Waals surface area contributed by atoms with Crippen molar-refractivity contribution in [2.75, 3.05) is 11.1 Å². The first kappa shape index (κ1) is 13.9. The molecule has 1 aromatic heterocycles. The van der Waals surface area contributed by atoms with Gasteiger partial charge in [0.2, 0.25) is 5.91 Å². The van der Waals surface area contributed by atoms with Crippen LogP contribution in [-0.2, 0) is 10.5 Å². The number of carbonyl (C=O) groups excluding carboxylic acids is 1. The van der Waals surface area contributed by atoms with Crippen molar-refractivity contribution >= 4 is 35.0 Å². The van der Waals surface area contributed by atoms with Crippen LogP contribution in [0.4, 0.5) is 5.69 Å². The Morgan fingerprint density at radius 1 is 1.21 bits per heavy atom. The molecular formula is C14H13ClN2OS. The molecule has 0 saturated carbocycles. The van der Waals surface area contributed by atoms with Crippen molar-refractivity contribution in [3.8, 4) is 0 Å². The Bertz CT molecular complexity index is 548. The van der Waals surface area contributed by atoms with Crippen LogP contribution in [0, 0.1) is 0 Å². The molecular weight excluding hydrogens is 280 g/mol. The molecule has 5 heteroatoms. The molecule has 1 aromatic carbocycles. The van der Waals surface area contributed by atoms with E-state index in [2.05, 4.69) is 10.3 Å². The van der Waals surface area contributed by atoms with Crippen molar-refractivity contribution in [1.82, 2.24) is 4.98 Å². The summed E-state index contributed by atoms with van der Waals surface area (Å²) in [6.45, 7) is 0. The summed E-state index contributed by atoms with van der Waals surface area (Å²) >= 11 is 7.43. The van der Waals surface area contributed by atoms with Crippen molar-refractivity contribution in [1.29, 1.82) is 0 Å². The SMILES string of the molecule is O=C(CSCc1ccccc1)Nc1cccnc1Cl. The topological polar surface area (TPSA) is 42.0 Å². The number of carbonyl (C=O) groups is 1. The van der Waals surface area contributed by atoms with Crippen molar-refractivity contribution in [3.63, 3.8) is 0 Å². The molecule has 1 N–H and O–H groups in total. The van der Waals surface area contributed by atoms with Gasteiger partial charge in [0.05, 0.1) is 11.4 Å². The van der Waals surface area contributed by atoms with Gasteiger partial charge >= 0.3 is 0 Å². The van der Waals surface area contributed by atoms with Gasteiger partial charge in [0.1, 0.15) is 0 Å². The number of hydrogen-bond donors (Lipinski definition) is 1. The summed E-state index contributed by atoms with van der Waals surface area (Å²) in [4.78, 5) is 15.6. The average Bonchev–Trinajstić information content (AvgIpc) is 2.43. The van der Waals surface area contributed by atoms with E-state index in [1.165, 1.54) is 5.56 Å². The van der Waals surface area contributed by atoms with Crippen LogP contribution < -0.4 is 5.32 Å². The summed E-state index contributed by atoms with van der Waals surface area (Å²) in [7, 11) is 0. The first-order valence-corrected chi connectivity index (χ1v) is 7.31. The van der Waals surface area contributed by atoms with E-state index in [1.807, 2.05) is 30.3 Å². The minimum atomic E-state index is -0.0733. The van der Waals surface area contributed by atoms with E-state index in [0.717, 1.165) is 5.75 Å². The lowest BCUT2D eigenvalue weighted by Gasteiger charge is -2.06. The molecule has 2 rings (SSSR count). The summed E-state index contributed by atoms with van der Waals surface area (Å²) in [6, 6.07) is 13.5. The summed E-state index contributed by atoms with van der Waals surface area (Å²) in [5.74, 6) is 1.13. The number of benzene rings is 1. The predicted molar refractivity (Wildman–Crippen MR) is 80.5 cm³/mol. The molecule has 0 fully saturated rings. The number of rotatable bonds is 5. The molecule has 0 unspecified atom stereocenters. The van der Waals surface area contributed by atoms with Gasteiger partial charge < -0.3 is 5.32 Å². The molecule has 98 valence electrons. The standard InChI is InChI=1S/C14H13ClN2OS/c15-14-12(7-4-8-16-14)17-13(18)10-19-9-11-5-2-1-3-6-11/h1-8H,9-10H2,(H,17,18). The number of amides is 1. The highest BCUT2D eigenvalue weighted by Gasteiger charge is 2.06. The van der Waals surface area contributed by atoms with Crippen molar-refractivity contribution in [3.05, 3.63) is 59.4 Å². The number of pyridine rings is 1. The minimum absolute atomic E-state index is 0.0733. The van der Waals surface area contributed by atoms with Crippen LogP contribution in [0.25, 0.3) is 0 Å². The highest BCUT2D eigenvalue weighted by atomic mass is 35.5. The van der Waals surface area contributed by atoms with Crippen LogP contribution in [0.3, 0.4) is 0 Å². The molecule has 0 bridgehead atoms. The fourth-order valence-corrected chi connectivity index (χ4v) is 2.46. The Balaban J connectivity index is 1.78. The zero-order valence-corrected chi connectivity index (χ0v) is 11.7. The smallest absolute Gasteiger partial charge is 0.234 e. The van der Waals surface area contributed by atoms with Crippen LogP contribution in [0.5, 0.6) is 0 Å². The lowest BCUT2D eigenvalue weighted by atomic mass is 10.2. The van der Waals surface area contributed by atoms with Crippen LogP contribution in [-0.4, -0.2) is 16.6 Å². The number of hydrogen-bond acceptors (Lipinski definition) is 3. The van der Waals surface area contributed by atoms with Crippen LogP contribution in [0.2, 0.25) is 5.15 Å².